The second-order valence-electron chi connectivity index (χ2n) is 8.33. The van der Waals surface area contributed by atoms with Gasteiger partial charge in [0, 0.05) is 23.9 Å². The number of hydrogen-bond acceptors (Lipinski definition) is 7. The van der Waals surface area contributed by atoms with Gasteiger partial charge in [-0.05, 0) is 36.6 Å². The summed E-state index contributed by atoms with van der Waals surface area (Å²) in [6.45, 7) is 0. The van der Waals surface area contributed by atoms with Gasteiger partial charge in [-0.25, -0.2) is 23.6 Å². The molecule has 4 aromatic rings. The van der Waals surface area contributed by atoms with E-state index in [1.165, 1.54) is 30.6 Å². The number of fused-ring (bicyclic) bond motifs is 1. The third-order valence-corrected chi connectivity index (χ3v) is 7.60. The Labute approximate surface area is 196 Å². The van der Waals surface area contributed by atoms with Crippen molar-refractivity contribution < 1.29 is 18.9 Å². The Balaban J connectivity index is 1.60. The zero-order valence-corrected chi connectivity index (χ0v) is 19.0. The van der Waals surface area contributed by atoms with Crippen molar-refractivity contribution in [3.63, 3.8) is 0 Å². The number of nitrogen functional groups attached to an aromatic ring is 1. The molecule has 11 heteroatoms. The lowest BCUT2D eigenvalue weighted by Gasteiger charge is -2.18. The molecule has 176 valence electrons. The number of quaternary nitrogens is 1. The molecular weight excluding hydrogens is 456 g/mol. The second-order valence-corrected chi connectivity index (χ2v) is 10.0. The van der Waals surface area contributed by atoms with Crippen LogP contribution in [-0.2, 0) is 10.0 Å². The van der Waals surface area contributed by atoms with Crippen LogP contribution in [0.3, 0.4) is 0 Å². The minimum Gasteiger partial charge on any atom is -0.595 e. The van der Waals surface area contributed by atoms with Gasteiger partial charge in [-0.15, -0.1) is 0 Å². The summed E-state index contributed by atoms with van der Waals surface area (Å²) in [5, 5.41) is 21.3. The Bertz CT molecular complexity index is 1450. The second kappa shape index (κ2) is 8.69. The maximum atomic E-state index is 12.8. The Morgan fingerprint density at radius 3 is 2.56 bits per heavy atom. The summed E-state index contributed by atoms with van der Waals surface area (Å²) in [4.78, 5) is 8.63. The predicted octanol–water partition coefficient (Wildman–Crippen LogP) is 3.00. The predicted molar refractivity (Wildman–Crippen MR) is 128 cm³/mol. The Hall–Kier alpha value is -3.51. The number of rotatable bonds is 6. The van der Waals surface area contributed by atoms with Gasteiger partial charge in [0.15, 0.2) is 5.69 Å². The first-order chi connectivity index (χ1) is 16.3. The zero-order chi connectivity index (χ0) is 23.9. The third kappa shape index (κ3) is 3.99. The van der Waals surface area contributed by atoms with E-state index >= 15 is 0 Å². The highest BCUT2D eigenvalue weighted by Gasteiger charge is 2.25. The molecule has 1 aliphatic rings. The molecule has 0 bridgehead atoms. The first-order valence-corrected chi connectivity index (χ1v) is 12.4. The summed E-state index contributed by atoms with van der Waals surface area (Å²) < 4.78 is 30.0. The summed E-state index contributed by atoms with van der Waals surface area (Å²) in [7, 11) is -3.95. The lowest BCUT2D eigenvalue weighted by Crippen LogP contribution is -2.99. The number of nitrogens with zero attached hydrogens (tertiary/aromatic N) is 3. The molecule has 1 saturated carbocycles. The van der Waals surface area contributed by atoms with Gasteiger partial charge in [-0.2, -0.15) is 5.23 Å². The number of aromatic nitrogens is 3. The van der Waals surface area contributed by atoms with E-state index in [1.807, 2.05) is 6.20 Å². The van der Waals surface area contributed by atoms with Crippen molar-refractivity contribution in [3.05, 3.63) is 66.3 Å². The van der Waals surface area contributed by atoms with Gasteiger partial charge in [0.05, 0.1) is 10.3 Å². The summed E-state index contributed by atoms with van der Waals surface area (Å²) >= 11 is 0. The number of hydrogen-bond donors (Lipinski definition) is 4. The molecule has 0 amide bonds. The van der Waals surface area contributed by atoms with E-state index in [-0.39, 0.29) is 16.3 Å². The van der Waals surface area contributed by atoms with E-state index in [1.54, 1.807) is 24.3 Å². The molecule has 0 saturated heterocycles. The van der Waals surface area contributed by atoms with Crippen LogP contribution in [-0.4, -0.2) is 28.2 Å². The lowest BCUT2D eigenvalue weighted by molar-refractivity contribution is -0.990. The molecule has 1 atom stereocenters. The van der Waals surface area contributed by atoms with Gasteiger partial charge in [0.25, 0.3) is 10.0 Å². The van der Waals surface area contributed by atoms with E-state index in [4.69, 9.17) is 5.73 Å². The largest absolute Gasteiger partial charge is 0.595 e. The van der Waals surface area contributed by atoms with Crippen LogP contribution in [0.15, 0.2) is 66.0 Å². The lowest BCUT2D eigenvalue weighted by atomic mass is 10.0. The van der Waals surface area contributed by atoms with Gasteiger partial charge < -0.3 is 15.5 Å². The zero-order valence-electron chi connectivity index (χ0n) is 18.2. The quantitative estimate of drug-likeness (QED) is 0.310. The molecule has 1 unspecified atom stereocenters. The van der Waals surface area contributed by atoms with E-state index < -0.39 is 15.2 Å². The Morgan fingerprint density at radius 2 is 1.85 bits per heavy atom. The van der Waals surface area contributed by atoms with Gasteiger partial charge in [-0.1, -0.05) is 37.1 Å². The average Bonchev–Trinajstić information content (AvgIpc) is 3.48. The fraction of sp³-hybridized carbons (Fsp3) is 0.217. The van der Waals surface area contributed by atoms with Crippen LogP contribution >= 0.6 is 0 Å². The molecule has 0 radical (unpaired) electrons. The summed E-state index contributed by atoms with van der Waals surface area (Å²) in [5.74, 6) is 0.308. The van der Waals surface area contributed by atoms with Gasteiger partial charge in [0.2, 0.25) is 0 Å². The molecule has 2 aromatic carbocycles. The van der Waals surface area contributed by atoms with Crippen LogP contribution in [0.5, 0.6) is 0 Å². The number of sulfonamides is 1. The number of nitrogens with one attached hydrogen (secondary N) is 2. The molecule has 1 aliphatic carbocycles. The highest BCUT2D eigenvalue weighted by atomic mass is 32.2. The van der Waals surface area contributed by atoms with Crippen molar-refractivity contribution in [3.8, 4) is 11.1 Å². The maximum absolute atomic E-state index is 12.8. The van der Waals surface area contributed by atoms with Crippen LogP contribution in [0, 0.1) is 5.21 Å². The average molecular weight is 481 g/mol. The molecule has 5 rings (SSSR count). The molecule has 0 spiro atoms. The first-order valence-electron chi connectivity index (χ1n) is 10.9. The molecule has 1 fully saturated rings. The van der Waals surface area contributed by atoms with Crippen LogP contribution in [0.4, 0.5) is 17.2 Å². The number of nitrogens with two attached hydrogens (primary N) is 1. The van der Waals surface area contributed by atoms with Crippen molar-refractivity contribution in [2.75, 3.05) is 10.5 Å². The van der Waals surface area contributed by atoms with E-state index in [9.17, 15) is 18.8 Å². The normalized spacial score (nSPS) is 15.6. The van der Waals surface area contributed by atoms with E-state index in [0.717, 1.165) is 25.7 Å². The molecule has 34 heavy (non-hydrogen) atoms. The monoisotopic (exact) mass is 480 g/mol. The SMILES string of the molecule is Nc1ncnc2c1c(-c1ccc(NS(=O)(=O)c3ccccc3)c([NH+]([O-])O)c1)cn2C1CCCC1. The van der Waals surface area contributed by atoms with Crippen molar-refractivity contribution in [2.24, 2.45) is 0 Å². The van der Waals surface area contributed by atoms with Crippen molar-refractivity contribution >= 4 is 38.2 Å². The van der Waals surface area contributed by atoms with Crippen molar-refractivity contribution in [1.82, 2.24) is 14.5 Å². The van der Waals surface area contributed by atoms with Gasteiger partial charge >= 0.3 is 0 Å². The molecular formula is C23H24N6O4S. The topological polar surface area (TPSA) is 151 Å². The standard InChI is InChI=1S/C23H24N6O4S/c24-22-21-18(13-28(16-6-4-5-7-16)23(21)26-14-25-22)15-10-11-19(20(12-15)29(30)31)27-34(32,33)17-8-2-1-3-9-17/h1-3,8-14,16,27,29-30H,4-7H2,(H2,24,25,26). The van der Waals surface area contributed by atoms with Crippen molar-refractivity contribution in [2.45, 2.75) is 36.6 Å². The molecule has 2 aromatic heterocycles. The fourth-order valence-corrected chi connectivity index (χ4v) is 5.67. The minimum atomic E-state index is -3.95. The highest BCUT2D eigenvalue weighted by molar-refractivity contribution is 7.92. The van der Waals surface area contributed by atoms with Crippen LogP contribution < -0.4 is 15.7 Å². The van der Waals surface area contributed by atoms with E-state index in [2.05, 4.69) is 19.3 Å². The minimum absolute atomic E-state index is 0.0242. The molecule has 2 heterocycles. The van der Waals surface area contributed by atoms with Crippen LogP contribution in [0.25, 0.3) is 22.2 Å². The molecule has 10 nitrogen and oxygen atoms in total. The summed E-state index contributed by atoms with van der Waals surface area (Å²) in [6.07, 6.45) is 7.72. The molecule has 5 N–H and O–H groups in total. The smallest absolute Gasteiger partial charge is 0.262 e. The third-order valence-electron chi connectivity index (χ3n) is 6.22. The van der Waals surface area contributed by atoms with Crippen LogP contribution in [0.2, 0.25) is 0 Å². The number of anilines is 2. The number of benzene rings is 2. The Morgan fingerprint density at radius 1 is 1.12 bits per heavy atom. The summed E-state index contributed by atoms with van der Waals surface area (Å²) in [6, 6.07) is 12.7. The van der Waals surface area contributed by atoms with Crippen molar-refractivity contribution in [1.29, 1.82) is 0 Å². The van der Waals surface area contributed by atoms with Gasteiger partial charge in [-0.3, -0.25) is 4.72 Å². The summed E-state index contributed by atoms with van der Waals surface area (Å²) in [5.41, 5.74) is 8.02. The molecule has 0 aliphatic heterocycles. The highest BCUT2D eigenvalue weighted by Crippen LogP contribution is 2.39. The maximum Gasteiger partial charge on any atom is 0.262 e. The van der Waals surface area contributed by atoms with E-state index in [0.29, 0.717) is 34.0 Å². The van der Waals surface area contributed by atoms with Crippen LogP contribution in [0.1, 0.15) is 31.7 Å². The Kier molecular flexibility index (Phi) is 5.70. The first kappa shape index (κ1) is 22.3. The fourth-order valence-electron chi connectivity index (χ4n) is 4.57. The van der Waals surface area contributed by atoms with Gasteiger partial charge in [0.1, 0.15) is 23.5 Å².